The van der Waals surface area contributed by atoms with Crippen molar-refractivity contribution in [3.63, 3.8) is 0 Å². The fourth-order valence-corrected chi connectivity index (χ4v) is 3.59. The molecule has 2 unspecified atom stereocenters. The summed E-state index contributed by atoms with van der Waals surface area (Å²) in [7, 11) is 2.82. The van der Waals surface area contributed by atoms with Crippen molar-refractivity contribution < 1.29 is 27.9 Å². The summed E-state index contributed by atoms with van der Waals surface area (Å²) < 4.78 is 44.9. The Kier molecular flexibility index (Phi) is 6.77. The zero-order valence-electron chi connectivity index (χ0n) is 18.5. The standard InChI is InChI=1S/C21H26F3N5O3/c1-12-8-13(2)16(18(9-12)29-20(30)28(4)26-27-29)11-32-25-14(3)15-6-7-19(31-5)17(10-15)21(22,23)24/h6-9,17,20,30H,10-11H2,1-5H3/b25-14+. The lowest BCUT2D eigenvalue weighted by Gasteiger charge is -2.26. The molecule has 1 aliphatic heterocycles. The van der Waals surface area contributed by atoms with Crippen molar-refractivity contribution in [2.45, 2.75) is 46.3 Å². The van der Waals surface area contributed by atoms with Crippen LogP contribution in [0.1, 0.15) is 30.0 Å². The third-order valence-electron chi connectivity index (χ3n) is 5.39. The average molecular weight is 453 g/mol. The smallest absolute Gasteiger partial charge is 0.399 e. The highest BCUT2D eigenvalue weighted by molar-refractivity contribution is 5.98. The first-order valence-corrected chi connectivity index (χ1v) is 9.93. The first kappa shape index (κ1) is 23.6. The molecule has 1 aliphatic carbocycles. The highest BCUT2D eigenvalue weighted by atomic mass is 19.4. The van der Waals surface area contributed by atoms with Crippen molar-refractivity contribution in [2.75, 3.05) is 19.2 Å². The molecule has 32 heavy (non-hydrogen) atoms. The lowest BCUT2D eigenvalue weighted by Crippen LogP contribution is -2.36. The fraction of sp³-hybridized carbons (Fsp3) is 0.476. The zero-order chi connectivity index (χ0) is 23.6. The third kappa shape index (κ3) is 4.87. The summed E-state index contributed by atoms with van der Waals surface area (Å²) in [6.07, 6.45) is -2.89. The molecule has 174 valence electrons. The minimum absolute atomic E-state index is 0.0381. The van der Waals surface area contributed by atoms with Gasteiger partial charge in [0.25, 0.3) is 0 Å². The Hall–Kier alpha value is -3.08. The number of rotatable bonds is 6. The van der Waals surface area contributed by atoms with E-state index in [0.717, 1.165) is 16.7 Å². The Morgan fingerprint density at radius 2 is 1.97 bits per heavy atom. The van der Waals surface area contributed by atoms with Crippen LogP contribution < -0.4 is 5.01 Å². The molecular weight excluding hydrogens is 427 g/mol. The second kappa shape index (κ2) is 9.19. The number of alkyl halides is 3. The molecule has 0 aromatic heterocycles. The van der Waals surface area contributed by atoms with Gasteiger partial charge >= 0.3 is 6.18 Å². The molecule has 1 aromatic carbocycles. The van der Waals surface area contributed by atoms with Gasteiger partial charge in [-0.2, -0.15) is 18.2 Å². The summed E-state index contributed by atoms with van der Waals surface area (Å²) in [6.45, 7) is 5.45. The number of aryl methyl sites for hydroxylation is 2. The topological polar surface area (TPSA) is 82.2 Å². The van der Waals surface area contributed by atoms with Crippen LogP contribution in [0.4, 0.5) is 18.9 Å². The number of hydrogen-bond donors (Lipinski definition) is 1. The van der Waals surface area contributed by atoms with Crippen molar-refractivity contribution in [3.05, 3.63) is 52.3 Å². The number of oxime groups is 1. The monoisotopic (exact) mass is 453 g/mol. The number of methoxy groups -OCH3 is 1. The van der Waals surface area contributed by atoms with Crippen molar-refractivity contribution in [2.24, 2.45) is 21.5 Å². The Bertz CT molecular complexity index is 988. The Balaban J connectivity index is 1.78. The molecule has 0 saturated carbocycles. The van der Waals surface area contributed by atoms with E-state index in [9.17, 15) is 18.3 Å². The lowest BCUT2D eigenvalue weighted by molar-refractivity contribution is -0.172. The highest BCUT2D eigenvalue weighted by Crippen LogP contribution is 2.39. The molecule has 1 N–H and O–H groups in total. The van der Waals surface area contributed by atoms with E-state index in [-0.39, 0.29) is 18.8 Å². The second-order valence-electron chi connectivity index (χ2n) is 7.74. The summed E-state index contributed by atoms with van der Waals surface area (Å²) in [6, 6.07) is 3.80. The molecule has 0 bridgehead atoms. The number of benzene rings is 1. The number of allylic oxidation sites excluding steroid dienone is 4. The maximum absolute atomic E-state index is 13.4. The van der Waals surface area contributed by atoms with Gasteiger partial charge in [0.15, 0.2) is 0 Å². The van der Waals surface area contributed by atoms with Crippen LogP contribution in [-0.2, 0) is 16.2 Å². The first-order chi connectivity index (χ1) is 15.0. The molecule has 0 spiro atoms. The molecule has 1 aromatic rings. The predicted molar refractivity (Wildman–Crippen MR) is 112 cm³/mol. The summed E-state index contributed by atoms with van der Waals surface area (Å²) in [5, 5.41) is 24.8. The molecule has 11 heteroatoms. The van der Waals surface area contributed by atoms with E-state index >= 15 is 0 Å². The van der Waals surface area contributed by atoms with E-state index in [1.807, 2.05) is 26.0 Å². The maximum atomic E-state index is 13.4. The van der Waals surface area contributed by atoms with Crippen molar-refractivity contribution in [3.8, 4) is 0 Å². The second-order valence-corrected chi connectivity index (χ2v) is 7.74. The lowest BCUT2D eigenvalue weighted by atomic mass is 9.90. The molecule has 3 rings (SSSR count). The van der Waals surface area contributed by atoms with Crippen LogP contribution in [0.25, 0.3) is 0 Å². The minimum Gasteiger partial charge on any atom is -0.500 e. The quantitative estimate of drug-likeness (QED) is 0.505. The van der Waals surface area contributed by atoms with Crippen molar-refractivity contribution >= 4 is 11.4 Å². The van der Waals surface area contributed by atoms with Gasteiger partial charge in [0.2, 0.25) is 6.35 Å². The van der Waals surface area contributed by atoms with Crippen LogP contribution in [-0.4, -0.2) is 42.5 Å². The number of ether oxygens (including phenoxy) is 1. The van der Waals surface area contributed by atoms with Crippen molar-refractivity contribution in [1.29, 1.82) is 0 Å². The Labute approximate surface area is 184 Å². The van der Waals surface area contributed by atoms with Gasteiger partial charge < -0.3 is 14.7 Å². The van der Waals surface area contributed by atoms with Crippen LogP contribution in [0.3, 0.4) is 0 Å². The summed E-state index contributed by atoms with van der Waals surface area (Å²) in [5.74, 6) is -1.85. The van der Waals surface area contributed by atoms with Crippen LogP contribution in [0, 0.1) is 19.8 Å². The molecule has 0 saturated heterocycles. The van der Waals surface area contributed by atoms with E-state index in [4.69, 9.17) is 9.57 Å². The van der Waals surface area contributed by atoms with Gasteiger partial charge in [0.05, 0.1) is 18.5 Å². The van der Waals surface area contributed by atoms with Gasteiger partial charge in [0, 0.05) is 12.6 Å². The van der Waals surface area contributed by atoms with E-state index < -0.39 is 18.4 Å². The largest absolute Gasteiger partial charge is 0.500 e. The van der Waals surface area contributed by atoms with Crippen LogP contribution in [0.15, 0.2) is 51.2 Å². The molecule has 1 heterocycles. The molecule has 0 amide bonds. The summed E-state index contributed by atoms with van der Waals surface area (Å²) >= 11 is 0. The van der Waals surface area contributed by atoms with Gasteiger partial charge in [-0.05, 0) is 66.5 Å². The fourth-order valence-electron chi connectivity index (χ4n) is 3.59. The Morgan fingerprint density at radius 1 is 1.25 bits per heavy atom. The SMILES string of the molecule is COC1=CC=C(/C(C)=N/OCc2c(C)cc(C)cc2N2N=NN(C)C2O)CC1C(F)(F)F. The number of hydrogen-bond acceptors (Lipinski definition) is 8. The van der Waals surface area contributed by atoms with Gasteiger partial charge in [-0.25, -0.2) is 5.01 Å². The molecule has 2 aliphatic rings. The maximum Gasteiger partial charge on any atom is 0.399 e. The highest BCUT2D eigenvalue weighted by Gasteiger charge is 2.44. The third-order valence-corrected chi connectivity index (χ3v) is 5.39. The minimum atomic E-state index is -4.42. The van der Waals surface area contributed by atoms with E-state index in [1.165, 1.54) is 23.2 Å². The molecule has 0 fully saturated rings. The van der Waals surface area contributed by atoms with Crippen LogP contribution >= 0.6 is 0 Å². The number of aliphatic hydroxyl groups excluding tert-OH is 1. The van der Waals surface area contributed by atoms with Gasteiger partial charge in [0.1, 0.15) is 18.3 Å². The molecule has 2 atom stereocenters. The number of halogens is 3. The summed E-state index contributed by atoms with van der Waals surface area (Å²) in [5.41, 5.74) is 3.96. The number of aliphatic hydroxyl groups is 1. The van der Waals surface area contributed by atoms with E-state index in [1.54, 1.807) is 20.0 Å². The van der Waals surface area contributed by atoms with Gasteiger partial charge in [-0.15, -0.1) is 0 Å². The normalized spacial score (nSPS) is 21.6. The zero-order valence-corrected chi connectivity index (χ0v) is 18.5. The average Bonchev–Trinajstić information content (AvgIpc) is 3.06. The number of anilines is 1. The summed E-state index contributed by atoms with van der Waals surface area (Å²) in [4.78, 5) is 5.51. The number of nitrogens with zero attached hydrogens (tertiary/aromatic N) is 5. The first-order valence-electron chi connectivity index (χ1n) is 9.93. The van der Waals surface area contributed by atoms with Gasteiger partial charge in [-0.3, -0.25) is 0 Å². The molecular formula is C21H26F3N5O3. The predicted octanol–water partition coefficient (Wildman–Crippen LogP) is 4.54. The van der Waals surface area contributed by atoms with Crippen LogP contribution in [0.5, 0.6) is 0 Å². The van der Waals surface area contributed by atoms with Gasteiger partial charge in [-0.1, -0.05) is 17.3 Å². The van der Waals surface area contributed by atoms with E-state index in [2.05, 4.69) is 15.6 Å². The van der Waals surface area contributed by atoms with Crippen LogP contribution in [0.2, 0.25) is 0 Å². The molecule has 0 radical (unpaired) electrons. The Morgan fingerprint density at radius 3 is 2.56 bits per heavy atom. The van der Waals surface area contributed by atoms with Crippen molar-refractivity contribution in [1.82, 2.24) is 5.01 Å². The van der Waals surface area contributed by atoms with E-state index in [0.29, 0.717) is 17.0 Å². The molecule has 8 nitrogen and oxygen atoms in total.